The van der Waals surface area contributed by atoms with E-state index in [1.54, 1.807) is 0 Å². The van der Waals surface area contributed by atoms with Gasteiger partial charge in [-0.2, -0.15) is 0 Å². The van der Waals surface area contributed by atoms with Crippen LogP contribution >= 0.6 is 0 Å². The topological polar surface area (TPSA) is 49.6 Å². The van der Waals surface area contributed by atoms with Crippen molar-refractivity contribution in [3.05, 3.63) is 17.3 Å². The Morgan fingerprint density at radius 3 is 2.90 bits per heavy atom. The van der Waals surface area contributed by atoms with Gasteiger partial charge in [-0.1, -0.05) is 6.92 Å². The molecule has 0 aromatic carbocycles. The fourth-order valence-corrected chi connectivity index (χ4v) is 3.26. The number of carbonyl (C=O) groups is 1. The fraction of sp³-hybridized carbons (Fsp3) is 0.750. The number of carbonyl (C=O) groups excluding carboxylic acids is 1. The first-order valence-corrected chi connectivity index (χ1v) is 8.06. The van der Waals surface area contributed by atoms with Crippen molar-refractivity contribution < 1.29 is 9.21 Å². The van der Waals surface area contributed by atoms with Gasteiger partial charge in [0.2, 0.25) is 0 Å². The van der Waals surface area contributed by atoms with Gasteiger partial charge in [0.1, 0.15) is 5.76 Å². The van der Waals surface area contributed by atoms with Gasteiger partial charge >= 0.3 is 5.91 Å². The first-order chi connectivity index (χ1) is 10.0. The molecule has 0 bridgehead atoms. The van der Waals surface area contributed by atoms with Gasteiger partial charge < -0.3 is 9.32 Å². The van der Waals surface area contributed by atoms with Crippen molar-refractivity contribution in [3.63, 3.8) is 0 Å². The second-order valence-electron chi connectivity index (χ2n) is 6.70. The highest BCUT2D eigenvalue weighted by Gasteiger charge is 2.29. The summed E-state index contributed by atoms with van der Waals surface area (Å²) in [5.41, 5.74) is 0.948. The van der Waals surface area contributed by atoms with Crippen LogP contribution in [0.1, 0.15) is 55.8 Å². The maximum atomic E-state index is 12.5. The molecule has 1 saturated heterocycles. The van der Waals surface area contributed by atoms with E-state index in [0.717, 1.165) is 50.5 Å². The minimum absolute atomic E-state index is 0.0351. The molecule has 1 aromatic rings. The van der Waals surface area contributed by atoms with E-state index in [0.29, 0.717) is 17.9 Å². The van der Waals surface area contributed by atoms with Crippen LogP contribution < -0.4 is 0 Å². The van der Waals surface area contributed by atoms with E-state index in [1.165, 1.54) is 6.42 Å². The van der Waals surface area contributed by atoms with Crippen molar-refractivity contribution in [1.29, 1.82) is 0 Å². The predicted molar refractivity (Wildman–Crippen MR) is 80.1 cm³/mol. The lowest BCUT2D eigenvalue weighted by Gasteiger charge is -2.29. The van der Waals surface area contributed by atoms with Crippen LogP contribution in [0.3, 0.4) is 0 Å². The van der Waals surface area contributed by atoms with Gasteiger partial charge in [-0.05, 0) is 32.6 Å². The Morgan fingerprint density at radius 1 is 1.38 bits per heavy atom. The number of oxazole rings is 1. The third-order valence-electron chi connectivity index (χ3n) is 4.61. The monoisotopic (exact) mass is 291 g/mol. The van der Waals surface area contributed by atoms with Gasteiger partial charge in [-0.3, -0.25) is 9.69 Å². The molecule has 0 aliphatic carbocycles. The molecule has 5 nitrogen and oxygen atoms in total. The molecule has 0 spiro atoms. The van der Waals surface area contributed by atoms with Crippen LogP contribution in [0.4, 0.5) is 0 Å². The second kappa shape index (κ2) is 5.79. The highest BCUT2D eigenvalue weighted by molar-refractivity contribution is 5.89. The van der Waals surface area contributed by atoms with Gasteiger partial charge in [0, 0.05) is 38.6 Å². The van der Waals surface area contributed by atoms with Crippen molar-refractivity contribution in [2.24, 2.45) is 5.92 Å². The molecule has 1 amide bonds. The molecular weight excluding hydrogens is 266 g/mol. The highest BCUT2D eigenvalue weighted by atomic mass is 16.4. The van der Waals surface area contributed by atoms with E-state index in [1.807, 2.05) is 4.90 Å². The van der Waals surface area contributed by atoms with E-state index in [4.69, 9.17) is 4.42 Å². The first kappa shape index (κ1) is 14.6. The summed E-state index contributed by atoms with van der Waals surface area (Å²) in [6.45, 7) is 9.99. The summed E-state index contributed by atoms with van der Waals surface area (Å²) in [4.78, 5) is 21.3. The molecule has 0 radical (unpaired) electrons. The normalized spacial score (nSPS) is 23.4. The van der Waals surface area contributed by atoms with E-state index in [9.17, 15) is 4.79 Å². The lowest BCUT2D eigenvalue weighted by Crippen LogP contribution is -2.39. The summed E-state index contributed by atoms with van der Waals surface area (Å²) in [6, 6.07) is 0.497. The predicted octanol–water partition coefficient (Wildman–Crippen LogP) is 2.31. The molecule has 1 aromatic heterocycles. The molecule has 3 heterocycles. The quantitative estimate of drug-likeness (QED) is 0.839. The SMILES string of the molecule is CC1CCCN(C(=O)c2nc3c(o2)CCN(C(C)C)C3)C1. The maximum Gasteiger partial charge on any atom is 0.309 e. The molecule has 2 aliphatic rings. The number of fused-ring (bicyclic) bond motifs is 1. The summed E-state index contributed by atoms with van der Waals surface area (Å²) in [5.74, 6) is 1.73. The minimum Gasteiger partial charge on any atom is -0.437 e. The summed E-state index contributed by atoms with van der Waals surface area (Å²) < 4.78 is 5.76. The number of likely N-dealkylation sites (tertiary alicyclic amines) is 1. The summed E-state index contributed by atoms with van der Waals surface area (Å²) in [7, 11) is 0. The van der Waals surface area contributed by atoms with Gasteiger partial charge in [-0.15, -0.1) is 0 Å². The zero-order chi connectivity index (χ0) is 15.0. The average Bonchev–Trinajstić information content (AvgIpc) is 2.89. The van der Waals surface area contributed by atoms with Crippen LogP contribution in [0.15, 0.2) is 4.42 Å². The Kier molecular flexibility index (Phi) is 4.02. The Balaban J connectivity index is 1.74. The Bertz CT molecular complexity index is 524. The fourth-order valence-electron chi connectivity index (χ4n) is 3.26. The van der Waals surface area contributed by atoms with Gasteiger partial charge in [0.25, 0.3) is 5.89 Å². The van der Waals surface area contributed by atoms with Crippen LogP contribution in [0, 0.1) is 5.92 Å². The number of piperidine rings is 1. The van der Waals surface area contributed by atoms with Crippen molar-refractivity contribution >= 4 is 5.91 Å². The van der Waals surface area contributed by atoms with E-state index in [-0.39, 0.29) is 5.91 Å². The van der Waals surface area contributed by atoms with Crippen LogP contribution in [-0.2, 0) is 13.0 Å². The maximum absolute atomic E-state index is 12.5. The van der Waals surface area contributed by atoms with Gasteiger partial charge in [-0.25, -0.2) is 4.98 Å². The van der Waals surface area contributed by atoms with Crippen LogP contribution in [0.2, 0.25) is 0 Å². The third kappa shape index (κ3) is 2.98. The minimum atomic E-state index is -0.0351. The van der Waals surface area contributed by atoms with E-state index in [2.05, 4.69) is 30.7 Å². The zero-order valence-electron chi connectivity index (χ0n) is 13.3. The molecule has 1 fully saturated rings. The molecule has 2 aliphatic heterocycles. The molecule has 3 rings (SSSR count). The zero-order valence-corrected chi connectivity index (χ0v) is 13.3. The molecular formula is C16H25N3O2. The number of amides is 1. The Hall–Kier alpha value is -1.36. The summed E-state index contributed by atoms with van der Waals surface area (Å²) in [6.07, 6.45) is 3.13. The number of nitrogens with zero attached hydrogens (tertiary/aromatic N) is 3. The first-order valence-electron chi connectivity index (χ1n) is 8.06. The molecule has 1 unspecified atom stereocenters. The number of hydrogen-bond donors (Lipinski definition) is 0. The summed E-state index contributed by atoms with van der Waals surface area (Å²) >= 11 is 0. The Labute approximate surface area is 126 Å². The summed E-state index contributed by atoms with van der Waals surface area (Å²) in [5, 5.41) is 0. The molecule has 21 heavy (non-hydrogen) atoms. The average molecular weight is 291 g/mol. The Morgan fingerprint density at radius 2 is 2.19 bits per heavy atom. The second-order valence-corrected chi connectivity index (χ2v) is 6.70. The van der Waals surface area contributed by atoms with Crippen molar-refractivity contribution in [1.82, 2.24) is 14.8 Å². The third-order valence-corrected chi connectivity index (χ3v) is 4.61. The number of hydrogen-bond acceptors (Lipinski definition) is 4. The van der Waals surface area contributed by atoms with Crippen LogP contribution in [-0.4, -0.2) is 46.4 Å². The molecule has 5 heteroatoms. The molecule has 0 saturated carbocycles. The van der Waals surface area contributed by atoms with E-state index < -0.39 is 0 Å². The largest absolute Gasteiger partial charge is 0.437 e. The number of rotatable bonds is 2. The van der Waals surface area contributed by atoms with Gasteiger partial charge in [0.05, 0.1) is 5.69 Å². The molecule has 0 N–H and O–H groups in total. The van der Waals surface area contributed by atoms with E-state index >= 15 is 0 Å². The van der Waals surface area contributed by atoms with Crippen LogP contribution in [0.25, 0.3) is 0 Å². The van der Waals surface area contributed by atoms with Crippen molar-refractivity contribution in [3.8, 4) is 0 Å². The standard InChI is InChI=1S/C16H25N3O2/c1-11(2)18-8-6-14-13(10-18)17-15(21-14)16(20)19-7-4-5-12(3)9-19/h11-12H,4-10H2,1-3H3. The lowest BCUT2D eigenvalue weighted by molar-refractivity contribution is 0.0640. The van der Waals surface area contributed by atoms with Gasteiger partial charge in [0.15, 0.2) is 0 Å². The van der Waals surface area contributed by atoms with Crippen molar-refractivity contribution in [2.75, 3.05) is 19.6 Å². The highest BCUT2D eigenvalue weighted by Crippen LogP contribution is 2.23. The van der Waals surface area contributed by atoms with Crippen molar-refractivity contribution in [2.45, 2.75) is 52.6 Å². The van der Waals surface area contributed by atoms with Crippen LogP contribution in [0.5, 0.6) is 0 Å². The lowest BCUT2D eigenvalue weighted by atomic mass is 10.0. The molecule has 1 atom stereocenters. The number of aromatic nitrogens is 1. The molecule has 116 valence electrons. The smallest absolute Gasteiger partial charge is 0.309 e.